The summed E-state index contributed by atoms with van der Waals surface area (Å²) in [5, 5.41) is 2.89. The molecule has 0 radical (unpaired) electrons. The van der Waals surface area contributed by atoms with Crippen molar-refractivity contribution in [3.05, 3.63) is 52.8 Å². The van der Waals surface area contributed by atoms with Gasteiger partial charge in [0, 0.05) is 29.4 Å². The third-order valence-electron chi connectivity index (χ3n) is 3.54. The molecule has 1 aliphatic rings. The van der Waals surface area contributed by atoms with E-state index in [9.17, 15) is 4.79 Å². The number of anilines is 2. The Bertz CT molecular complexity index is 653. The minimum absolute atomic E-state index is 0.137. The van der Waals surface area contributed by atoms with E-state index in [4.69, 9.17) is 0 Å². The molecule has 0 saturated carbocycles. The number of hydrogen-bond acceptors (Lipinski definition) is 3. The predicted octanol–water partition coefficient (Wildman–Crippen LogP) is 3.70. The summed E-state index contributed by atoms with van der Waals surface area (Å²) in [6, 6.07) is 9.45. The summed E-state index contributed by atoms with van der Waals surface area (Å²) in [7, 11) is 0. The normalized spacial score (nSPS) is 14.2. The molecule has 108 valence electrons. The molecule has 1 fully saturated rings. The lowest BCUT2D eigenvalue weighted by atomic mass is 10.2. The molecule has 3 rings (SSSR count). The van der Waals surface area contributed by atoms with E-state index in [1.807, 2.05) is 36.5 Å². The van der Waals surface area contributed by atoms with Gasteiger partial charge in [-0.25, -0.2) is 0 Å². The van der Waals surface area contributed by atoms with Gasteiger partial charge < -0.3 is 10.2 Å². The first-order valence-electron chi connectivity index (χ1n) is 6.99. The maximum absolute atomic E-state index is 12.3. The Morgan fingerprint density at radius 3 is 2.76 bits per heavy atom. The predicted molar refractivity (Wildman–Crippen MR) is 87.8 cm³/mol. The Labute approximate surface area is 132 Å². The third-order valence-corrected chi connectivity index (χ3v) is 4.03. The van der Waals surface area contributed by atoms with Crippen molar-refractivity contribution in [1.29, 1.82) is 0 Å². The topological polar surface area (TPSA) is 45.2 Å². The summed E-state index contributed by atoms with van der Waals surface area (Å²) < 4.78 is 0.934. The fourth-order valence-corrected chi connectivity index (χ4v) is 2.87. The number of nitrogens with one attached hydrogen (secondary N) is 1. The molecule has 4 nitrogen and oxygen atoms in total. The highest BCUT2D eigenvalue weighted by molar-refractivity contribution is 9.10. The van der Waals surface area contributed by atoms with Gasteiger partial charge in [0.2, 0.25) is 0 Å². The molecular formula is C16H16BrN3O. The van der Waals surface area contributed by atoms with Gasteiger partial charge >= 0.3 is 0 Å². The van der Waals surface area contributed by atoms with Crippen LogP contribution in [-0.2, 0) is 0 Å². The molecule has 0 spiro atoms. The lowest BCUT2D eigenvalue weighted by Crippen LogP contribution is -2.19. The van der Waals surface area contributed by atoms with Crippen LogP contribution in [-0.4, -0.2) is 24.0 Å². The van der Waals surface area contributed by atoms with Crippen LogP contribution in [0.4, 0.5) is 11.4 Å². The van der Waals surface area contributed by atoms with E-state index in [1.165, 1.54) is 12.8 Å². The Morgan fingerprint density at radius 1 is 1.19 bits per heavy atom. The maximum atomic E-state index is 12.3. The van der Waals surface area contributed by atoms with Crippen molar-refractivity contribution >= 4 is 33.2 Å². The molecule has 2 aromatic rings. The van der Waals surface area contributed by atoms with Gasteiger partial charge in [-0.1, -0.05) is 22.0 Å². The molecule has 0 aliphatic carbocycles. The van der Waals surface area contributed by atoms with Gasteiger partial charge in [-0.05, 0) is 37.1 Å². The van der Waals surface area contributed by atoms with Crippen LogP contribution in [0, 0.1) is 0 Å². The number of hydrogen-bond donors (Lipinski definition) is 1. The second-order valence-electron chi connectivity index (χ2n) is 5.09. The van der Waals surface area contributed by atoms with Gasteiger partial charge in [0.25, 0.3) is 5.91 Å². The lowest BCUT2D eigenvalue weighted by molar-refractivity contribution is 0.102. The lowest BCUT2D eigenvalue weighted by Gasteiger charge is -2.17. The molecule has 0 unspecified atom stereocenters. The fourth-order valence-electron chi connectivity index (χ4n) is 2.47. The van der Waals surface area contributed by atoms with Crippen LogP contribution in [0.5, 0.6) is 0 Å². The fraction of sp³-hybridized carbons (Fsp3) is 0.250. The minimum atomic E-state index is -0.137. The molecular weight excluding hydrogens is 330 g/mol. The summed E-state index contributed by atoms with van der Waals surface area (Å²) in [4.78, 5) is 18.8. The van der Waals surface area contributed by atoms with E-state index in [0.717, 1.165) is 28.9 Å². The number of amides is 1. The van der Waals surface area contributed by atoms with Crippen molar-refractivity contribution in [2.75, 3.05) is 23.3 Å². The Kier molecular flexibility index (Phi) is 4.20. The minimum Gasteiger partial charge on any atom is -0.370 e. The first-order chi connectivity index (χ1) is 10.2. The largest absolute Gasteiger partial charge is 0.370 e. The highest BCUT2D eigenvalue weighted by Gasteiger charge is 2.15. The van der Waals surface area contributed by atoms with Crippen LogP contribution in [0.25, 0.3) is 0 Å². The van der Waals surface area contributed by atoms with E-state index in [-0.39, 0.29) is 5.91 Å². The van der Waals surface area contributed by atoms with Gasteiger partial charge in [-0.3, -0.25) is 9.78 Å². The summed E-state index contributed by atoms with van der Waals surface area (Å²) in [6.07, 6.45) is 5.83. The van der Waals surface area contributed by atoms with Crippen molar-refractivity contribution in [2.24, 2.45) is 0 Å². The molecule has 1 aromatic carbocycles. The molecule has 1 aliphatic heterocycles. The Balaban J connectivity index is 1.76. The second-order valence-corrected chi connectivity index (χ2v) is 6.01. The summed E-state index contributed by atoms with van der Waals surface area (Å²) >= 11 is 3.39. The molecule has 0 bridgehead atoms. The van der Waals surface area contributed by atoms with E-state index in [1.54, 1.807) is 6.20 Å². The zero-order valence-corrected chi connectivity index (χ0v) is 13.1. The first kappa shape index (κ1) is 14.1. The number of rotatable bonds is 3. The van der Waals surface area contributed by atoms with E-state index < -0.39 is 0 Å². The van der Waals surface area contributed by atoms with Gasteiger partial charge in [0.05, 0.1) is 17.4 Å². The summed E-state index contributed by atoms with van der Waals surface area (Å²) in [5.41, 5.74) is 2.37. The second kappa shape index (κ2) is 6.26. The van der Waals surface area contributed by atoms with Crippen LogP contribution >= 0.6 is 15.9 Å². The average Bonchev–Trinajstić information content (AvgIpc) is 3.02. The quantitative estimate of drug-likeness (QED) is 0.922. The van der Waals surface area contributed by atoms with Crippen LogP contribution < -0.4 is 10.2 Å². The standard InChI is InChI=1S/C16H16BrN3O/c17-13-4-3-5-14(9-13)19-16(21)12-8-15(11-18-10-12)20-6-1-2-7-20/h3-5,8-11H,1-2,6-7H2,(H,19,21). The Morgan fingerprint density at radius 2 is 2.00 bits per heavy atom. The first-order valence-corrected chi connectivity index (χ1v) is 7.78. The molecule has 1 saturated heterocycles. The van der Waals surface area contributed by atoms with Gasteiger partial charge in [0.15, 0.2) is 0 Å². The van der Waals surface area contributed by atoms with Gasteiger partial charge in [-0.15, -0.1) is 0 Å². The van der Waals surface area contributed by atoms with E-state index in [2.05, 4.69) is 31.1 Å². The maximum Gasteiger partial charge on any atom is 0.257 e. The number of carbonyl (C=O) groups excluding carboxylic acids is 1. The highest BCUT2D eigenvalue weighted by Crippen LogP contribution is 2.21. The van der Waals surface area contributed by atoms with Crippen molar-refractivity contribution in [3.63, 3.8) is 0 Å². The van der Waals surface area contributed by atoms with Crippen molar-refractivity contribution in [2.45, 2.75) is 12.8 Å². The molecule has 1 amide bonds. The van der Waals surface area contributed by atoms with Crippen molar-refractivity contribution in [3.8, 4) is 0 Å². The molecule has 1 aromatic heterocycles. The van der Waals surface area contributed by atoms with Crippen LogP contribution in [0.2, 0.25) is 0 Å². The van der Waals surface area contributed by atoms with Crippen LogP contribution in [0.3, 0.4) is 0 Å². The zero-order chi connectivity index (χ0) is 14.7. The molecule has 0 atom stereocenters. The summed E-state index contributed by atoms with van der Waals surface area (Å²) in [5.74, 6) is -0.137. The van der Waals surface area contributed by atoms with Gasteiger partial charge in [0.1, 0.15) is 0 Å². The zero-order valence-electron chi connectivity index (χ0n) is 11.6. The monoisotopic (exact) mass is 345 g/mol. The Hall–Kier alpha value is -1.88. The van der Waals surface area contributed by atoms with E-state index in [0.29, 0.717) is 5.56 Å². The molecule has 21 heavy (non-hydrogen) atoms. The average molecular weight is 346 g/mol. The molecule has 1 N–H and O–H groups in total. The van der Waals surface area contributed by atoms with Crippen LogP contribution in [0.1, 0.15) is 23.2 Å². The number of carbonyl (C=O) groups is 1. The molecule has 2 heterocycles. The molecule has 5 heteroatoms. The van der Waals surface area contributed by atoms with Crippen molar-refractivity contribution in [1.82, 2.24) is 4.98 Å². The number of nitrogens with zero attached hydrogens (tertiary/aromatic N) is 2. The summed E-state index contributed by atoms with van der Waals surface area (Å²) in [6.45, 7) is 2.08. The number of benzene rings is 1. The number of halogens is 1. The van der Waals surface area contributed by atoms with E-state index >= 15 is 0 Å². The SMILES string of the molecule is O=C(Nc1cccc(Br)c1)c1cncc(N2CCCC2)c1. The van der Waals surface area contributed by atoms with Crippen LogP contribution in [0.15, 0.2) is 47.2 Å². The number of aromatic nitrogens is 1. The highest BCUT2D eigenvalue weighted by atomic mass is 79.9. The third kappa shape index (κ3) is 3.42. The number of pyridine rings is 1. The smallest absolute Gasteiger partial charge is 0.257 e. The van der Waals surface area contributed by atoms with Gasteiger partial charge in [-0.2, -0.15) is 0 Å². The van der Waals surface area contributed by atoms with Crippen molar-refractivity contribution < 1.29 is 4.79 Å².